The molecule has 2 aliphatic heterocycles. The van der Waals surface area contributed by atoms with Crippen LogP contribution in [0.1, 0.15) is 25.7 Å². The lowest BCUT2D eigenvalue weighted by molar-refractivity contribution is -0.137. The second-order valence-corrected chi connectivity index (χ2v) is 6.57. The molecule has 1 N–H and O–H groups in total. The second kappa shape index (κ2) is 7.14. The third kappa shape index (κ3) is 3.43. The van der Waals surface area contributed by atoms with Crippen molar-refractivity contribution in [3.05, 3.63) is 30.3 Å². The molecule has 4 nitrogen and oxygen atoms in total. The van der Waals surface area contributed by atoms with Crippen LogP contribution in [0.5, 0.6) is 0 Å². The van der Waals surface area contributed by atoms with E-state index >= 15 is 0 Å². The van der Waals surface area contributed by atoms with Crippen LogP contribution in [-0.4, -0.2) is 50.1 Å². The maximum Gasteiger partial charge on any atom is 0.227 e. The van der Waals surface area contributed by atoms with E-state index in [0.29, 0.717) is 11.9 Å². The highest BCUT2D eigenvalue weighted by molar-refractivity contribution is 5.79. The fraction of sp³-hybridized carbons (Fsp3) is 0.611. The molecule has 2 heterocycles. The lowest BCUT2D eigenvalue weighted by Crippen LogP contribution is -2.51. The molecule has 2 atom stereocenters. The first kappa shape index (κ1) is 15.3. The number of nitrogens with one attached hydrogen (secondary N) is 1. The zero-order valence-corrected chi connectivity index (χ0v) is 13.5. The fourth-order valence-corrected chi connectivity index (χ4v) is 3.67. The normalized spacial score (nSPS) is 25.8. The van der Waals surface area contributed by atoms with E-state index in [-0.39, 0.29) is 5.92 Å². The molecular weight excluding hydrogens is 274 g/mol. The zero-order valence-electron chi connectivity index (χ0n) is 13.5. The molecular formula is C18H27N3O. The highest BCUT2D eigenvalue weighted by Gasteiger charge is 2.30. The summed E-state index contributed by atoms with van der Waals surface area (Å²) < 4.78 is 0. The minimum Gasteiger partial charge on any atom is -0.369 e. The Labute approximate surface area is 133 Å². The monoisotopic (exact) mass is 301 g/mol. The Morgan fingerprint density at radius 2 is 2.05 bits per heavy atom. The van der Waals surface area contributed by atoms with Gasteiger partial charge in [-0.05, 0) is 44.4 Å². The lowest BCUT2D eigenvalue weighted by Gasteiger charge is -2.40. The molecule has 22 heavy (non-hydrogen) atoms. The Balaban J connectivity index is 1.62. The molecule has 2 unspecified atom stereocenters. The maximum atomic E-state index is 12.7. The van der Waals surface area contributed by atoms with Crippen molar-refractivity contribution in [3.63, 3.8) is 0 Å². The van der Waals surface area contributed by atoms with Crippen molar-refractivity contribution in [1.82, 2.24) is 10.2 Å². The Kier molecular flexibility index (Phi) is 4.98. The number of anilines is 1. The van der Waals surface area contributed by atoms with Crippen molar-refractivity contribution >= 4 is 11.6 Å². The summed E-state index contributed by atoms with van der Waals surface area (Å²) in [4.78, 5) is 17.1. The zero-order chi connectivity index (χ0) is 15.4. The topological polar surface area (TPSA) is 35.6 Å². The highest BCUT2D eigenvalue weighted by atomic mass is 16.2. The molecule has 2 saturated heterocycles. The molecule has 0 saturated carbocycles. The van der Waals surface area contributed by atoms with Crippen LogP contribution in [-0.2, 0) is 4.79 Å². The Morgan fingerprint density at radius 3 is 2.77 bits per heavy atom. The summed E-state index contributed by atoms with van der Waals surface area (Å²) in [5, 5.41) is 3.35. The molecule has 2 fully saturated rings. The molecule has 0 aliphatic carbocycles. The molecule has 1 aromatic carbocycles. The van der Waals surface area contributed by atoms with Crippen molar-refractivity contribution < 1.29 is 4.79 Å². The van der Waals surface area contributed by atoms with E-state index in [0.717, 1.165) is 51.9 Å². The van der Waals surface area contributed by atoms with Crippen LogP contribution >= 0.6 is 0 Å². The number of nitrogens with zero attached hydrogens (tertiary/aromatic N) is 2. The number of amides is 1. The van der Waals surface area contributed by atoms with E-state index in [4.69, 9.17) is 0 Å². The Bertz CT molecular complexity index is 484. The molecule has 0 radical (unpaired) electrons. The van der Waals surface area contributed by atoms with Gasteiger partial charge < -0.3 is 15.1 Å². The third-order valence-electron chi connectivity index (χ3n) is 5.06. The molecule has 1 amide bonds. The van der Waals surface area contributed by atoms with Gasteiger partial charge in [0, 0.05) is 38.4 Å². The van der Waals surface area contributed by atoms with E-state index in [2.05, 4.69) is 40.5 Å². The standard InChI is InChI=1S/C18H27N3O/c1-20(18(22)15-7-5-11-19-13-15)17-10-6-12-21(14-17)16-8-3-2-4-9-16/h2-4,8-9,15,17,19H,5-7,10-14H2,1H3. The molecule has 0 bridgehead atoms. The van der Waals surface area contributed by atoms with E-state index in [1.807, 2.05) is 11.9 Å². The van der Waals surface area contributed by atoms with E-state index in [1.54, 1.807) is 0 Å². The van der Waals surface area contributed by atoms with Crippen LogP contribution in [0.15, 0.2) is 30.3 Å². The van der Waals surface area contributed by atoms with Gasteiger partial charge in [-0.3, -0.25) is 4.79 Å². The molecule has 4 heteroatoms. The molecule has 3 rings (SSSR count). The summed E-state index contributed by atoms with van der Waals surface area (Å²) >= 11 is 0. The van der Waals surface area contributed by atoms with Crippen LogP contribution in [0.3, 0.4) is 0 Å². The predicted octanol–water partition coefficient (Wildman–Crippen LogP) is 2.11. The minimum atomic E-state index is 0.172. The van der Waals surface area contributed by atoms with E-state index in [1.165, 1.54) is 5.69 Å². The number of piperidine rings is 2. The summed E-state index contributed by atoms with van der Waals surface area (Å²) in [7, 11) is 2.00. The summed E-state index contributed by atoms with van der Waals surface area (Å²) in [5.74, 6) is 0.498. The molecule has 0 spiro atoms. The number of carbonyl (C=O) groups is 1. The van der Waals surface area contributed by atoms with Gasteiger partial charge in [-0.15, -0.1) is 0 Å². The van der Waals surface area contributed by atoms with Crippen molar-refractivity contribution in [2.45, 2.75) is 31.7 Å². The SMILES string of the molecule is CN(C(=O)C1CCCNC1)C1CCCN(c2ccccc2)C1. The first-order valence-corrected chi connectivity index (χ1v) is 8.53. The Hall–Kier alpha value is -1.55. The van der Waals surface area contributed by atoms with Crippen LogP contribution in [0, 0.1) is 5.92 Å². The largest absolute Gasteiger partial charge is 0.369 e. The first-order chi connectivity index (χ1) is 10.8. The number of para-hydroxylation sites is 1. The van der Waals surface area contributed by atoms with Crippen molar-refractivity contribution in [2.75, 3.05) is 38.1 Å². The molecule has 2 aliphatic rings. The van der Waals surface area contributed by atoms with Crippen LogP contribution < -0.4 is 10.2 Å². The summed E-state index contributed by atoms with van der Waals surface area (Å²) in [5.41, 5.74) is 1.27. The van der Waals surface area contributed by atoms with Crippen molar-refractivity contribution in [2.24, 2.45) is 5.92 Å². The van der Waals surface area contributed by atoms with Crippen LogP contribution in [0.2, 0.25) is 0 Å². The average Bonchev–Trinajstić information content (AvgIpc) is 2.62. The molecule has 120 valence electrons. The molecule has 0 aromatic heterocycles. The van der Waals surface area contributed by atoms with Gasteiger partial charge >= 0.3 is 0 Å². The van der Waals surface area contributed by atoms with Gasteiger partial charge in [-0.25, -0.2) is 0 Å². The van der Waals surface area contributed by atoms with Crippen LogP contribution in [0.4, 0.5) is 5.69 Å². The Morgan fingerprint density at radius 1 is 1.23 bits per heavy atom. The summed E-state index contributed by atoms with van der Waals surface area (Å²) in [6, 6.07) is 10.9. The van der Waals surface area contributed by atoms with Gasteiger partial charge in [0.05, 0.1) is 5.92 Å². The van der Waals surface area contributed by atoms with Gasteiger partial charge in [0.25, 0.3) is 0 Å². The molecule has 1 aromatic rings. The highest BCUT2D eigenvalue weighted by Crippen LogP contribution is 2.23. The second-order valence-electron chi connectivity index (χ2n) is 6.57. The van der Waals surface area contributed by atoms with Gasteiger partial charge in [0.1, 0.15) is 0 Å². The number of benzene rings is 1. The van der Waals surface area contributed by atoms with Crippen molar-refractivity contribution in [3.8, 4) is 0 Å². The number of hydrogen-bond acceptors (Lipinski definition) is 3. The smallest absolute Gasteiger partial charge is 0.227 e. The average molecular weight is 301 g/mol. The van der Waals surface area contributed by atoms with Gasteiger partial charge in [-0.1, -0.05) is 18.2 Å². The first-order valence-electron chi connectivity index (χ1n) is 8.53. The van der Waals surface area contributed by atoms with Gasteiger partial charge in [0.15, 0.2) is 0 Å². The van der Waals surface area contributed by atoms with Crippen molar-refractivity contribution in [1.29, 1.82) is 0 Å². The van der Waals surface area contributed by atoms with Gasteiger partial charge in [-0.2, -0.15) is 0 Å². The minimum absolute atomic E-state index is 0.172. The van der Waals surface area contributed by atoms with E-state index in [9.17, 15) is 4.79 Å². The number of carbonyl (C=O) groups excluding carboxylic acids is 1. The number of hydrogen-bond donors (Lipinski definition) is 1. The summed E-state index contributed by atoms with van der Waals surface area (Å²) in [6.07, 6.45) is 4.42. The predicted molar refractivity (Wildman–Crippen MR) is 90.0 cm³/mol. The maximum absolute atomic E-state index is 12.7. The van der Waals surface area contributed by atoms with Gasteiger partial charge in [0.2, 0.25) is 5.91 Å². The fourth-order valence-electron chi connectivity index (χ4n) is 3.67. The number of rotatable bonds is 3. The summed E-state index contributed by atoms with van der Waals surface area (Å²) in [6.45, 7) is 3.94. The lowest BCUT2D eigenvalue weighted by atomic mass is 9.96. The van der Waals surface area contributed by atoms with Crippen LogP contribution in [0.25, 0.3) is 0 Å². The quantitative estimate of drug-likeness (QED) is 0.929. The third-order valence-corrected chi connectivity index (χ3v) is 5.06. The van der Waals surface area contributed by atoms with E-state index < -0.39 is 0 Å². The number of likely N-dealkylation sites (N-methyl/N-ethyl adjacent to an activating group) is 1.